The fourth-order valence-electron chi connectivity index (χ4n) is 7.31. The van der Waals surface area contributed by atoms with Gasteiger partial charge >= 0.3 is 0 Å². The molecule has 0 aromatic carbocycles. The Morgan fingerprint density at radius 2 is 2.08 bits per heavy atom. The zero-order chi connectivity index (χ0) is 17.8. The Morgan fingerprint density at radius 3 is 2.80 bits per heavy atom. The van der Waals surface area contributed by atoms with Crippen LogP contribution in [0.3, 0.4) is 0 Å². The molecule has 0 radical (unpaired) electrons. The van der Waals surface area contributed by atoms with E-state index in [-0.39, 0.29) is 16.6 Å². The molecule has 3 fully saturated rings. The lowest BCUT2D eigenvalue weighted by Crippen LogP contribution is -2.54. The highest BCUT2D eigenvalue weighted by molar-refractivity contribution is 6.01. The fourth-order valence-corrected chi connectivity index (χ4v) is 7.31. The summed E-state index contributed by atoms with van der Waals surface area (Å²) in [5.74, 6) is 2.71. The lowest BCUT2D eigenvalue weighted by atomic mass is 9.47. The number of aliphatic hydroxyl groups is 1. The third kappa shape index (κ3) is 2.35. The highest BCUT2D eigenvalue weighted by Gasteiger charge is 2.60. The van der Waals surface area contributed by atoms with Crippen LogP contribution in [0.1, 0.15) is 52.4 Å². The van der Waals surface area contributed by atoms with Crippen LogP contribution >= 0.6 is 0 Å². The number of hydrogen-bond donors (Lipinski definition) is 2. The van der Waals surface area contributed by atoms with Gasteiger partial charge in [0.05, 0.1) is 0 Å². The van der Waals surface area contributed by atoms with Crippen LogP contribution in [-0.2, 0) is 4.79 Å². The van der Waals surface area contributed by atoms with Gasteiger partial charge in [-0.2, -0.15) is 0 Å². The number of hydrogen-bond acceptors (Lipinski definition) is 3. The molecule has 138 valence electrons. The van der Waals surface area contributed by atoms with Crippen molar-refractivity contribution in [1.82, 2.24) is 5.32 Å². The lowest BCUT2D eigenvalue weighted by Gasteiger charge is -2.58. The molecule has 0 aromatic rings. The van der Waals surface area contributed by atoms with Crippen molar-refractivity contribution < 1.29 is 9.90 Å². The van der Waals surface area contributed by atoms with E-state index in [9.17, 15) is 9.90 Å². The number of nitrogens with one attached hydrogen (secondary N) is 1. The molecule has 0 aliphatic heterocycles. The number of fused-ring (bicyclic) bond motifs is 5. The summed E-state index contributed by atoms with van der Waals surface area (Å²) in [4.78, 5) is 11.8. The molecule has 0 heterocycles. The van der Waals surface area contributed by atoms with E-state index < -0.39 is 0 Å². The summed E-state index contributed by atoms with van der Waals surface area (Å²) in [5.41, 5.74) is 1.52. The first kappa shape index (κ1) is 17.5. The van der Waals surface area contributed by atoms with E-state index in [1.165, 1.54) is 31.3 Å². The zero-order valence-electron chi connectivity index (χ0n) is 15.9. The predicted molar refractivity (Wildman–Crippen MR) is 100 cm³/mol. The molecular formula is C22H33NO2. The summed E-state index contributed by atoms with van der Waals surface area (Å²) in [5, 5.41) is 14.0. The van der Waals surface area contributed by atoms with E-state index in [0.717, 1.165) is 12.8 Å². The van der Waals surface area contributed by atoms with Crippen LogP contribution in [0.5, 0.6) is 0 Å². The van der Waals surface area contributed by atoms with Crippen LogP contribution in [0.15, 0.2) is 23.8 Å². The molecule has 3 nitrogen and oxygen atoms in total. The first-order chi connectivity index (χ1) is 12.0. The molecule has 2 N–H and O–H groups in total. The van der Waals surface area contributed by atoms with E-state index >= 15 is 0 Å². The third-order valence-corrected chi connectivity index (χ3v) is 8.69. The van der Waals surface area contributed by atoms with Gasteiger partial charge in [-0.3, -0.25) is 4.79 Å². The predicted octanol–water partition coefficient (Wildman–Crippen LogP) is 3.49. The van der Waals surface area contributed by atoms with Gasteiger partial charge in [0.15, 0.2) is 5.78 Å². The third-order valence-electron chi connectivity index (χ3n) is 8.69. The normalized spacial score (nSPS) is 46.9. The Balaban J connectivity index is 1.67. The maximum absolute atomic E-state index is 11.8. The Morgan fingerprint density at radius 1 is 1.28 bits per heavy atom. The molecule has 4 rings (SSSR count). The maximum atomic E-state index is 11.8. The smallest absolute Gasteiger partial charge is 0.178 e. The Hall–Kier alpha value is -0.930. The van der Waals surface area contributed by atoms with E-state index in [2.05, 4.69) is 32.3 Å². The summed E-state index contributed by atoms with van der Waals surface area (Å²) in [6, 6.07) is 0.468. The second kappa shape index (κ2) is 6.06. The minimum atomic E-state index is 0.0607. The molecule has 0 aromatic heterocycles. The van der Waals surface area contributed by atoms with Crippen LogP contribution < -0.4 is 5.32 Å². The van der Waals surface area contributed by atoms with Gasteiger partial charge in [0, 0.05) is 23.5 Å². The van der Waals surface area contributed by atoms with Gasteiger partial charge in [-0.15, -0.1) is 0 Å². The van der Waals surface area contributed by atoms with Crippen molar-refractivity contribution in [3.05, 3.63) is 23.8 Å². The molecule has 25 heavy (non-hydrogen) atoms. The van der Waals surface area contributed by atoms with Crippen LogP contribution in [0, 0.1) is 34.5 Å². The average Bonchev–Trinajstić information content (AvgIpc) is 3.01. The highest BCUT2D eigenvalue weighted by Crippen LogP contribution is 2.66. The molecule has 0 bridgehead atoms. The van der Waals surface area contributed by atoms with Crippen LogP contribution in [0.25, 0.3) is 0 Å². The van der Waals surface area contributed by atoms with Crippen molar-refractivity contribution in [2.24, 2.45) is 34.5 Å². The van der Waals surface area contributed by atoms with Gasteiger partial charge in [0.2, 0.25) is 0 Å². The highest BCUT2D eigenvalue weighted by atomic mass is 16.3. The number of rotatable bonds is 3. The maximum Gasteiger partial charge on any atom is 0.178 e. The standard InChI is InChI=1S/C22H33NO2/c1-14(23-3)18-6-7-20-17-5-4-15-12-16(25)8-10-21(15,2)19(17)9-11-22(18,20)13-24/h8,10,12,14,17-20,23-24H,4-7,9,11,13H2,1-3H3. The minimum Gasteiger partial charge on any atom is -0.396 e. The first-order valence-corrected chi connectivity index (χ1v) is 10.2. The van der Waals surface area contributed by atoms with Crippen molar-refractivity contribution in [3.63, 3.8) is 0 Å². The Labute approximate surface area is 152 Å². The quantitative estimate of drug-likeness (QED) is 0.825. The summed E-state index contributed by atoms with van der Waals surface area (Å²) in [6.07, 6.45) is 13.0. The lowest BCUT2D eigenvalue weighted by molar-refractivity contribution is -0.111. The molecule has 0 amide bonds. The van der Waals surface area contributed by atoms with Crippen LogP contribution in [0.4, 0.5) is 0 Å². The van der Waals surface area contributed by atoms with E-state index in [1.54, 1.807) is 6.08 Å². The number of ketones is 1. The van der Waals surface area contributed by atoms with Crippen molar-refractivity contribution in [2.75, 3.05) is 13.7 Å². The van der Waals surface area contributed by atoms with Crippen molar-refractivity contribution in [2.45, 2.75) is 58.4 Å². The molecular weight excluding hydrogens is 310 g/mol. The Bertz CT molecular complexity index is 624. The summed E-state index contributed by atoms with van der Waals surface area (Å²) in [6.45, 7) is 4.98. The first-order valence-electron chi connectivity index (χ1n) is 10.2. The van der Waals surface area contributed by atoms with Crippen molar-refractivity contribution in [3.8, 4) is 0 Å². The van der Waals surface area contributed by atoms with Crippen LogP contribution in [-0.4, -0.2) is 30.6 Å². The molecule has 0 saturated heterocycles. The molecule has 7 unspecified atom stereocenters. The molecule has 3 heteroatoms. The van der Waals surface area contributed by atoms with Crippen LogP contribution in [0.2, 0.25) is 0 Å². The number of allylic oxidation sites excluding steroid dienone is 4. The van der Waals surface area contributed by atoms with E-state index in [4.69, 9.17) is 0 Å². The van der Waals surface area contributed by atoms with Gasteiger partial charge < -0.3 is 10.4 Å². The van der Waals surface area contributed by atoms with E-state index in [0.29, 0.717) is 36.3 Å². The average molecular weight is 344 g/mol. The number of carbonyl (C=O) groups is 1. The summed E-state index contributed by atoms with van der Waals surface area (Å²) < 4.78 is 0. The second-order valence-corrected chi connectivity index (χ2v) is 9.29. The Kier molecular flexibility index (Phi) is 4.24. The topological polar surface area (TPSA) is 49.3 Å². The largest absolute Gasteiger partial charge is 0.396 e. The summed E-state index contributed by atoms with van der Waals surface area (Å²) >= 11 is 0. The molecule has 4 aliphatic rings. The van der Waals surface area contributed by atoms with Crippen molar-refractivity contribution in [1.29, 1.82) is 0 Å². The molecule has 3 saturated carbocycles. The van der Waals surface area contributed by atoms with Gasteiger partial charge in [0.1, 0.15) is 0 Å². The van der Waals surface area contributed by atoms with E-state index in [1.807, 2.05) is 6.08 Å². The second-order valence-electron chi connectivity index (χ2n) is 9.29. The molecule has 0 spiro atoms. The minimum absolute atomic E-state index is 0.0607. The number of aliphatic hydroxyl groups excluding tert-OH is 1. The van der Waals surface area contributed by atoms with Gasteiger partial charge in [0.25, 0.3) is 0 Å². The zero-order valence-corrected chi connectivity index (χ0v) is 15.9. The van der Waals surface area contributed by atoms with Gasteiger partial charge in [-0.1, -0.05) is 18.6 Å². The molecule has 7 atom stereocenters. The van der Waals surface area contributed by atoms with Gasteiger partial charge in [-0.05, 0) is 88.3 Å². The number of carbonyl (C=O) groups excluding carboxylic acids is 1. The molecule has 4 aliphatic carbocycles. The van der Waals surface area contributed by atoms with Gasteiger partial charge in [-0.25, -0.2) is 0 Å². The van der Waals surface area contributed by atoms with Crippen molar-refractivity contribution >= 4 is 5.78 Å². The summed E-state index contributed by atoms with van der Waals surface area (Å²) in [7, 11) is 2.05. The monoisotopic (exact) mass is 343 g/mol. The fraction of sp³-hybridized carbons (Fsp3) is 0.773. The SMILES string of the molecule is CNC(C)C1CCC2C3CCC4=CC(=O)C=CC4(C)C3CCC12CO.